The van der Waals surface area contributed by atoms with Gasteiger partial charge in [-0.15, -0.1) is 0 Å². The molecule has 1 unspecified atom stereocenters. The number of nitrogens with one attached hydrogen (secondary N) is 1. The third-order valence-electron chi connectivity index (χ3n) is 3.42. The maximum atomic E-state index is 5.58. The second-order valence-corrected chi connectivity index (χ2v) is 4.62. The third kappa shape index (κ3) is 3.44. The minimum absolute atomic E-state index is 0.523. The zero-order valence-corrected chi connectivity index (χ0v) is 9.71. The van der Waals surface area contributed by atoms with Crippen LogP contribution in [-0.2, 0) is 9.47 Å². The van der Waals surface area contributed by atoms with Crippen molar-refractivity contribution in [1.82, 2.24) is 5.32 Å². The monoisotopic (exact) mass is 213 g/mol. The SMILES string of the molecule is CCOC1CC(NCCC2CCCO2)C1. The summed E-state index contributed by atoms with van der Waals surface area (Å²) in [4.78, 5) is 0. The number of hydrogen-bond donors (Lipinski definition) is 1. The molecule has 0 aromatic rings. The highest BCUT2D eigenvalue weighted by Crippen LogP contribution is 2.23. The van der Waals surface area contributed by atoms with E-state index in [1.165, 1.54) is 32.1 Å². The fraction of sp³-hybridized carbons (Fsp3) is 1.00. The van der Waals surface area contributed by atoms with Crippen molar-refractivity contribution in [1.29, 1.82) is 0 Å². The molecule has 3 nitrogen and oxygen atoms in total. The number of hydrogen-bond acceptors (Lipinski definition) is 3. The molecule has 0 spiro atoms. The van der Waals surface area contributed by atoms with E-state index in [9.17, 15) is 0 Å². The topological polar surface area (TPSA) is 30.5 Å². The predicted molar refractivity (Wildman–Crippen MR) is 60.0 cm³/mol. The Morgan fingerprint density at radius 1 is 1.40 bits per heavy atom. The molecular formula is C12H23NO2. The van der Waals surface area contributed by atoms with E-state index in [1.54, 1.807) is 0 Å². The summed E-state index contributed by atoms with van der Waals surface area (Å²) in [6.45, 7) is 5.00. The molecule has 0 bridgehead atoms. The van der Waals surface area contributed by atoms with E-state index in [0.29, 0.717) is 18.2 Å². The van der Waals surface area contributed by atoms with Crippen molar-refractivity contribution in [2.75, 3.05) is 19.8 Å². The Labute approximate surface area is 92.5 Å². The molecule has 1 atom stereocenters. The van der Waals surface area contributed by atoms with Gasteiger partial charge in [-0.2, -0.15) is 0 Å². The van der Waals surface area contributed by atoms with Gasteiger partial charge in [-0.3, -0.25) is 0 Å². The van der Waals surface area contributed by atoms with Crippen molar-refractivity contribution >= 4 is 0 Å². The summed E-state index contributed by atoms with van der Waals surface area (Å²) in [5, 5.41) is 3.57. The average molecular weight is 213 g/mol. The van der Waals surface area contributed by atoms with Crippen LogP contribution in [0.4, 0.5) is 0 Å². The molecule has 1 N–H and O–H groups in total. The fourth-order valence-corrected chi connectivity index (χ4v) is 2.42. The molecule has 0 aromatic heterocycles. The normalized spacial score (nSPS) is 35.4. The third-order valence-corrected chi connectivity index (χ3v) is 3.42. The van der Waals surface area contributed by atoms with Crippen molar-refractivity contribution < 1.29 is 9.47 Å². The summed E-state index contributed by atoms with van der Waals surface area (Å²) in [5.74, 6) is 0. The van der Waals surface area contributed by atoms with E-state index in [2.05, 4.69) is 12.2 Å². The van der Waals surface area contributed by atoms with Crippen LogP contribution < -0.4 is 5.32 Å². The lowest BCUT2D eigenvalue weighted by molar-refractivity contribution is -0.0106. The Hall–Kier alpha value is -0.120. The molecule has 2 fully saturated rings. The van der Waals surface area contributed by atoms with Crippen LogP contribution in [0.25, 0.3) is 0 Å². The van der Waals surface area contributed by atoms with Crippen LogP contribution in [0.2, 0.25) is 0 Å². The maximum absolute atomic E-state index is 5.58. The first-order valence-corrected chi connectivity index (χ1v) is 6.35. The molecule has 0 radical (unpaired) electrons. The van der Waals surface area contributed by atoms with Crippen molar-refractivity contribution in [2.45, 2.75) is 57.3 Å². The molecule has 88 valence electrons. The van der Waals surface area contributed by atoms with E-state index in [0.717, 1.165) is 19.8 Å². The first-order chi connectivity index (χ1) is 7.38. The molecule has 1 saturated carbocycles. The Morgan fingerprint density at radius 2 is 2.27 bits per heavy atom. The first-order valence-electron chi connectivity index (χ1n) is 6.35. The average Bonchev–Trinajstić information content (AvgIpc) is 2.66. The van der Waals surface area contributed by atoms with Crippen LogP contribution >= 0.6 is 0 Å². The standard InChI is InChI=1S/C12H23NO2/c1-2-14-12-8-10(9-12)13-6-5-11-4-3-7-15-11/h10-13H,2-9H2,1H3. The molecule has 1 aliphatic carbocycles. The summed E-state index contributed by atoms with van der Waals surface area (Å²) in [6.07, 6.45) is 7.12. The fourth-order valence-electron chi connectivity index (χ4n) is 2.42. The van der Waals surface area contributed by atoms with Gasteiger partial charge in [-0.05, 0) is 45.6 Å². The van der Waals surface area contributed by atoms with E-state index in [-0.39, 0.29) is 0 Å². The quantitative estimate of drug-likeness (QED) is 0.728. The summed E-state index contributed by atoms with van der Waals surface area (Å²) in [6, 6.07) is 0.697. The zero-order chi connectivity index (χ0) is 10.5. The Morgan fingerprint density at radius 3 is 2.93 bits per heavy atom. The highest BCUT2D eigenvalue weighted by molar-refractivity contribution is 4.86. The van der Waals surface area contributed by atoms with Crippen LogP contribution in [0.15, 0.2) is 0 Å². The second-order valence-electron chi connectivity index (χ2n) is 4.62. The highest BCUT2D eigenvalue weighted by Gasteiger charge is 2.29. The number of rotatable bonds is 6. The lowest BCUT2D eigenvalue weighted by Gasteiger charge is -2.35. The maximum Gasteiger partial charge on any atom is 0.0604 e. The lowest BCUT2D eigenvalue weighted by Crippen LogP contribution is -2.46. The van der Waals surface area contributed by atoms with Gasteiger partial charge < -0.3 is 14.8 Å². The van der Waals surface area contributed by atoms with Gasteiger partial charge in [0.15, 0.2) is 0 Å². The molecule has 15 heavy (non-hydrogen) atoms. The van der Waals surface area contributed by atoms with Crippen molar-refractivity contribution in [3.05, 3.63) is 0 Å². The molecule has 1 heterocycles. The predicted octanol–water partition coefficient (Wildman–Crippen LogP) is 1.71. The van der Waals surface area contributed by atoms with Gasteiger partial charge in [0.05, 0.1) is 12.2 Å². The van der Waals surface area contributed by atoms with Gasteiger partial charge in [-0.1, -0.05) is 0 Å². The molecule has 1 saturated heterocycles. The van der Waals surface area contributed by atoms with Gasteiger partial charge in [0.25, 0.3) is 0 Å². The van der Waals surface area contributed by atoms with Crippen LogP contribution in [0.1, 0.15) is 39.0 Å². The van der Waals surface area contributed by atoms with E-state index < -0.39 is 0 Å². The molecule has 3 heteroatoms. The van der Waals surface area contributed by atoms with Crippen LogP contribution in [-0.4, -0.2) is 38.0 Å². The lowest BCUT2D eigenvalue weighted by atomic mass is 9.89. The number of ether oxygens (including phenoxy) is 2. The van der Waals surface area contributed by atoms with Gasteiger partial charge in [0, 0.05) is 19.3 Å². The van der Waals surface area contributed by atoms with Crippen molar-refractivity contribution in [3.8, 4) is 0 Å². The summed E-state index contributed by atoms with van der Waals surface area (Å²) in [7, 11) is 0. The van der Waals surface area contributed by atoms with Gasteiger partial charge >= 0.3 is 0 Å². The Bertz CT molecular complexity index is 174. The molecule has 1 aliphatic heterocycles. The van der Waals surface area contributed by atoms with Crippen LogP contribution in [0, 0.1) is 0 Å². The smallest absolute Gasteiger partial charge is 0.0604 e. The molecule has 2 rings (SSSR count). The van der Waals surface area contributed by atoms with E-state index >= 15 is 0 Å². The summed E-state index contributed by atoms with van der Waals surface area (Å²) >= 11 is 0. The van der Waals surface area contributed by atoms with Crippen LogP contribution in [0.5, 0.6) is 0 Å². The second kappa shape index (κ2) is 5.83. The molecule has 2 aliphatic rings. The molecular weight excluding hydrogens is 190 g/mol. The molecule has 0 amide bonds. The van der Waals surface area contributed by atoms with E-state index in [4.69, 9.17) is 9.47 Å². The van der Waals surface area contributed by atoms with E-state index in [1.807, 2.05) is 0 Å². The summed E-state index contributed by atoms with van der Waals surface area (Å²) < 4.78 is 11.1. The minimum atomic E-state index is 0.523. The minimum Gasteiger partial charge on any atom is -0.378 e. The Balaban J connectivity index is 1.45. The first kappa shape index (κ1) is 11.4. The summed E-state index contributed by atoms with van der Waals surface area (Å²) in [5.41, 5.74) is 0. The van der Waals surface area contributed by atoms with Crippen molar-refractivity contribution in [3.63, 3.8) is 0 Å². The molecule has 0 aromatic carbocycles. The highest BCUT2D eigenvalue weighted by atomic mass is 16.5. The zero-order valence-electron chi connectivity index (χ0n) is 9.71. The van der Waals surface area contributed by atoms with Crippen molar-refractivity contribution in [2.24, 2.45) is 0 Å². The van der Waals surface area contributed by atoms with Gasteiger partial charge in [0.2, 0.25) is 0 Å². The Kier molecular flexibility index (Phi) is 4.42. The van der Waals surface area contributed by atoms with Crippen LogP contribution in [0.3, 0.4) is 0 Å². The van der Waals surface area contributed by atoms with Gasteiger partial charge in [0.1, 0.15) is 0 Å². The largest absolute Gasteiger partial charge is 0.378 e. The van der Waals surface area contributed by atoms with Gasteiger partial charge in [-0.25, -0.2) is 0 Å².